The van der Waals surface area contributed by atoms with Crippen LogP contribution in [0.4, 0.5) is 5.69 Å². The first-order valence-corrected chi connectivity index (χ1v) is 5.60. The molecule has 0 fully saturated rings. The van der Waals surface area contributed by atoms with E-state index in [0.29, 0.717) is 6.42 Å². The highest BCUT2D eigenvalue weighted by Gasteiger charge is 2.07. The summed E-state index contributed by atoms with van der Waals surface area (Å²) in [7, 11) is 0. The minimum absolute atomic E-state index is 0.121. The molecule has 0 unspecified atom stereocenters. The quantitative estimate of drug-likeness (QED) is 0.821. The van der Waals surface area contributed by atoms with Gasteiger partial charge in [0.05, 0.1) is 0 Å². The third kappa shape index (κ3) is 1.85. The Morgan fingerprint density at radius 1 is 1.20 bits per heavy atom. The van der Waals surface area contributed by atoms with Crippen LogP contribution in [0.25, 0.3) is 10.8 Å². The average Bonchev–Trinajstić information content (AvgIpc) is 2.24. The topological polar surface area (TPSA) is 46.2 Å². The maximum absolute atomic E-state index is 9.01. The van der Waals surface area contributed by atoms with Gasteiger partial charge in [0.2, 0.25) is 0 Å². The van der Waals surface area contributed by atoms with Gasteiger partial charge in [-0.1, -0.05) is 40.2 Å². The van der Waals surface area contributed by atoms with Crippen molar-refractivity contribution < 1.29 is 5.11 Å². The Kier molecular flexibility index (Phi) is 2.93. The van der Waals surface area contributed by atoms with Crippen LogP contribution in [0.15, 0.2) is 34.8 Å². The SMILES string of the molecule is Nc1cc(Br)c2ccccc2c1CCO. The maximum atomic E-state index is 9.01. The van der Waals surface area contributed by atoms with Crippen molar-refractivity contribution in [2.24, 2.45) is 0 Å². The number of halogens is 1. The van der Waals surface area contributed by atoms with Crippen LogP contribution in [-0.4, -0.2) is 11.7 Å². The second-order valence-corrected chi connectivity index (χ2v) is 4.30. The van der Waals surface area contributed by atoms with Gasteiger partial charge in [-0.25, -0.2) is 0 Å². The number of rotatable bonds is 2. The van der Waals surface area contributed by atoms with Crippen molar-refractivity contribution in [3.05, 3.63) is 40.4 Å². The molecule has 0 aliphatic rings. The molecule has 2 rings (SSSR count). The number of aliphatic hydroxyl groups excluding tert-OH is 1. The molecule has 0 saturated heterocycles. The second kappa shape index (κ2) is 4.21. The maximum Gasteiger partial charge on any atom is 0.0472 e. The van der Waals surface area contributed by atoms with Gasteiger partial charge in [-0.3, -0.25) is 0 Å². The van der Waals surface area contributed by atoms with Crippen molar-refractivity contribution in [1.82, 2.24) is 0 Å². The van der Waals surface area contributed by atoms with Gasteiger partial charge in [0.15, 0.2) is 0 Å². The molecule has 0 heterocycles. The molecule has 0 saturated carbocycles. The monoisotopic (exact) mass is 265 g/mol. The first kappa shape index (κ1) is 10.5. The molecule has 2 nitrogen and oxygen atoms in total. The van der Waals surface area contributed by atoms with Crippen molar-refractivity contribution in [1.29, 1.82) is 0 Å². The molecule has 0 radical (unpaired) electrons. The van der Waals surface area contributed by atoms with Crippen molar-refractivity contribution in [2.45, 2.75) is 6.42 Å². The van der Waals surface area contributed by atoms with Crippen molar-refractivity contribution in [2.75, 3.05) is 12.3 Å². The number of benzene rings is 2. The zero-order valence-corrected chi connectivity index (χ0v) is 9.79. The molecule has 15 heavy (non-hydrogen) atoms. The summed E-state index contributed by atoms with van der Waals surface area (Å²) in [5, 5.41) is 11.2. The number of anilines is 1. The standard InChI is InChI=1S/C12H12BrNO/c13-11-7-12(14)10(5-6-15)8-3-1-2-4-9(8)11/h1-4,7,15H,5-6,14H2. The first-order valence-electron chi connectivity index (χ1n) is 4.80. The third-order valence-corrected chi connectivity index (χ3v) is 3.16. The Morgan fingerprint density at radius 3 is 2.53 bits per heavy atom. The normalized spacial score (nSPS) is 10.8. The van der Waals surface area contributed by atoms with Crippen molar-refractivity contribution in [3.63, 3.8) is 0 Å². The van der Waals surface area contributed by atoms with Crippen LogP contribution in [0.1, 0.15) is 5.56 Å². The molecule has 0 aromatic heterocycles. The van der Waals surface area contributed by atoms with Crippen LogP contribution in [0.5, 0.6) is 0 Å². The zero-order valence-electron chi connectivity index (χ0n) is 8.20. The Bertz CT molecular complexity index is 496. The van der Waals surface area contributed by atoms with E-state index < -0.39 is 0 Å². The molecule has 2 aromatic carbocycles. The minimum atomic E-state index is 0.121. The largest absolute Gasteiger partial charge is 0.398 e. The molecule has 0 amide bonds. The van der Waals surface area contributed by atoms with E-state index in [1.54, 1.807) is 0 Å². The summed E-state index contributed by atoms with van der Waals surface area (Å²) >= 11 is 3.49. The van der Waals surface area contributed by atoms with Crippen LogP contribution in [0, 0.1) is 0 Å². The van der Waals surface area contributed by atoms with Crippen LogP contribution >= 0.6 is 15.9 Å². The van der Waals surface area contributed by atoms with Gasteiger partial charge in [-0.05, 0) is 28.8 Å². The molecule has 0 spiro atoms. The Morgan fingerprint density at radius 2 is 1.87 bits per heavy atom. The number of nitrogen functional groups attached to an aromatic ring is 1. The predicted molar refractivity (Wildman–Crippen MR) is 66.9 cm³/mol. The lowest BCUT2D eigenvalue weighted by atomic mass is 10.0. The van der Waals surface area contributed by atoms with Gasteiger partial charge in [-0.15, -0.1) is 0 Å². The fourth-order valence-electron chi connectivity index (χ4n) is 1.80. The van der Waals surface area contributed by atoms with E-state index in [2.05, 4.69) is 15.9 Å². The summed E-state index contributed by atoms with van der Waals surface area (Å²) in [5.74, 6) is 0. The van der Waals surface area contributed by atoms with E-state index in [4.69, 9.17) is 10.8 Å². The molecule has 0 aliphatic heterocycles. The number of hydrogen-bond acceptors (Lipinski definition) is 2. The highest BCUT2D eigenvalue weighted by Crippen LogP contribution is 2.31. The van der Waals surface area contributed by atoms with Crippen LogP contribution in [0.3, 0.4) is 0 Å². The van der Waals surface area contributed by atoms with Gasteiger partial charge in [0, 0.05) is 16.8 Å². The van der Waals surface area contributed by atoms with Crippen molar-refractivity contribution >= 4 is 32.4 Å². The average molecular weight is 266 g/mol. The van der Waals surface area contributed by atoms with Crippen molar-refractivity contribution in [3.8, 4) is 0 Å². The number of nitrogens with two attached hydrogens (primary N) is 1. The molecule has 2 aromatic rings. The summed E-state index contributed by atoms with van der Waals surface area (Å²) in [6.45, 7) is 0.121. The Labute approximate surface area is 96.8 Å². The van der Waals surface area contributed by atoms with Crippen LogP contribution in [-0.2, 0) is 6.42 Å². The second-order valence-electron chi connectivity index (χ2n) is 3.45. The fraction of sp³-hybridized carbons (Fsp3) is 0.167. The highest BCUT2D eigenvalue weighted by molar-refractivity contribution is 9.10. The molecule has 3 N–H and O–H groups in total. The van der Waals surface area contributed by atoms with Gasteiger partial charge >= 0.3 is 0 Å². The zero-order chi connectivity index (χ0) is 10.8. The van der Waals surface area contributed by atoms with Gasteiger partial charge < -0.3 is 10.8 Å². The van der Waals surface area contributed by atoms with E-state index >= 15 is 0 Å². The summed E-state index contributed by atoms with van der Waals surface area (Å²) < 4.78 is 0.997. The first-order chi connectivity index (χ1) is 7.24. The van der Waals surface area contributed by atoms with E-state index in [-0.39, 0.29) is 6.61 Å². The predicted octanol–water partition coefficient (Wildman–Crippen LogP) is 2.72. The lowest BCUT2D eigenvalue weighted by Gasteiger charge is -2.10. The molecule has 3 heteroatoms. The highest BCUT2D eigenvalue weighted by atomic mass is 79.9. The van der Waals surface area contributed by atoms with E-state index in [0.717, 1.165) is 26.5 Å². The number of fused-ring (bicyclic) bond motifs is 1. The van der Waals surface area contributed by atoms with E-state index in [1.165, 1.54) is 0 Å². The summed E-state index contributed by atoms with van der Waals surface area (Å²) in [5.41, 5.74) is 7.69. The van der Waals surface area contributed by atoms with E-state index in [9.17, 15) is 0 Å². The van der Waals surface area contributed by atoms with Crippen LogP contribution in [0.2, 0.25) is 0 Å². The molecule has 0 bridgehead atoms. The molecule has 0 aliphatic carbocycles. The Balaban J connectivity index is 2.77. The lowest BCUT2D eigenvalue weighted by molar-refractivity contribution is 0.300. The summed E-state index contributed by atoms with van der Waals surface area (Å²) in [6.07, 6.45) is 0.597. The fourth-order valence-corrected chi connectivity index (χ4v) is 2.39. The molecule has 78 valence electrons. The molecular formula is C12H12BrNO. The smallest absolute Gasteiger partial charge is 0.0472 e. The minimum Gasteiger partial charge on any atom is -0.398 e. The molecule has 0 atom stereocenters. The van der Waals surface area contributed by atoms with E-state index in [1.807, 2.05) is 30.3 Å². The van der Waals surface area contributed by atoms with Gasteiger partial charge in [-0.2, -0.15) is 0 Å². The lowest BCUT2D eigenvalue weighted by Crippen LogP contribution is -1.99. The number of hydrogen-bond donors (Lipinski definition) is 2. The number of aliphatic hydroxyl groups is 1. The summed E-state index contributed by atoms with van der Waals surface area (Å²) in [4.78, 5) is 0. The van der Waals surface area contributed by atoms with Gasteiger partial charge in [0.1, 0.15) is 0 Å². The van der Waals surface area contributed by atoms with Gasteiger partial charge in [0.25, 0.3) is 0 Å². The van der Waals surface area contributed by atoms with Crippen LogP contribution < -0.4 is 5.73 Å². The molecular weight excluding hydrogens is 254 g/mol. The summed E-state index contributed by atoms with van der Waals surface area (Å²) in [6, 6.07) is 9.94. The Hall–Kier alpha value is -1.06. The third-order valence-electron chi connectivity index (χ3n) is 2.50.